The van der Waals surface area contributed by atoms with Crippen molar-refractivity contribution in [2.24, 2.45) is 0 Å². The molecule has 1 aliphatic rings. The maximum atomic E-state index is 11.8. The van der Waals surface area contributed by atoms with Crippen molar-refractivity contribution in [1.82, 2.24) is 0 Å². The van der Waals surface area contributed by atoms with Gasteiger partial charge < -0.3 is 10.1 Å². The van der Waals surface area contributed by atoms with Gasteiger partial charge >= 0.3 is 5.97 Å². The third-order valence-electron chi connectivity index (χ3n) is 3.50. The lowest BCUT2D eigenvalue weighted by Crippen LogP contribution is -2.09. The van der Waals surface area contributed by atoms with Crippen LogP contribution < -0.4 is 5.32 Å². The Labute approximate surface area is 122 Å². The van der Waals surface area contributed by atoms with Gasteiger partial charge in [-0.2, -0.15) is 0 Å². The van der Waals surface area contributed by atoms with Crippen LogP contribution in [0.4, 0.5) is 5.69 Å². The maximum absolute atomic E-state index is 11.8. The Morgan fingerprint density at radius 1 is 1.10 bits per heavy atom. The summed E-state index contributed by atoms with van der Waals surface area (Å²) >= 11 is 0. The van der Waals surface area contributed by atoms with Crippen molar-refractivity contribution in [2.75, 3.05) is 11.9 Å². The zero-order valence-electron chi connectivity index (χ0n) is 11.5. The second-order valence-electron chi connectivity index (χ2n) is 4.92. The molecule has 0 spiro atoms. The number of hydrogen-bond acceptors (Lipinski definition) is 3. The molecule has 0 fully saturated rings. The van der Waals surface area contributed by atoms with Crippen molar-refractivity contribution in [2.45, 2.75) is 12.8 Å². The first-order valence-electron chi connectivity index (χ1n) is 6.87. The third kappa shape index (κ3) is 2.94. The molecular weight excluding hydrogens is 266 g/mol. The lowest BCUT2D eigenvalue weighted by Gasteiger charge is -2.08. The second kappa shape index (κ2) is 5.79. The summed E-state index contributed by atoms with van der Waals surface area (Å²) in [5.41, 5.74) is 3.48. The number of carbonyl (C=O) groups excluding carboxylic acids is 2. The molecule has 0 unspecified atom stereocenters. The van der Waals surface area contributed by atoms with Gasteiger partial charge in [0.25, 0.3) is 0 Å². The summed E-state index contributed by atoms with van der Waals surface area (Å²) in [6.45, 7) is 0.304. The minimum Gasteiger partial charge on any atom is -0.462 e. The average Bonchev–Trinajstić information content (AvgIpc) is 2.89. The van der Waals surface area contributed by atoms with Gasteiger partial charge in [0.05, 0.1) is 18.6 Å². The molecule has 4 nitrogen and oxygen atoms in total. The van der Waals surface area contributed by atoms with Crippen LogP contribution in [0.1, 0.15) is 21.5 Å². The fraction of sp³-hybridized carbons (Fsp3) is 0.176. The lowest BCUT2D eigenvalue weighted by molar-refractivity contribution is -0.115. The summed E-state index contributed by atoms with van der Waals surface area (Å²) in [6, 6.07) is 14.7. The standard InChI is InChI=1S/C17H15NO3/c19-16-11-14-12(7-4-8-15(14)18-16)9-10-21-17(20)13-5-2-1-3-6-13/h1-8H,9-11H2,(H,18,19). The van der Waals surface area contributed by atoms with Crippen LogP contribution in [0.3, 0.4) is 0 Å². The highest BCUT2D eigenvalue weighted by molar-refractivity contribution is 5.99. The third-order valence-corrected chi connectivity index (χ3v) is 3.50. The number of carbonyl (C=O) groups is 2. The van der Waals surface area contributed by atoms with E-state index in [0.29, 0.717) is 25.0 Å². The number of anilines is 1. The van der Waals surface area contributed by atoms with E-state index in [1.54, 1.807) is 24.3 Å². The molecule has 0 bridgehead atoms. The van der Waals surface area contributed by atoms with Gasteiger partial charge in [-0.3, -0.25) is 4.79 Å². The molecule has 2 aromatic rings. The van der Waals surface area contributed by atoms with Gasteiger partial charge in [0.2, 0.25) is 5.91 Å². The Balaban J connectivity index is 1.61. The van der Waals surface area contributed by atoms with Crippen LogP contribution in [-0.4, -0.2) is 18.5 Å². The van der Waals surface area contributed by atoms with Gasteiger partial charge in [-0.05, 0) is 29.3 Å². The van der Waals surface area contributed by atoms with E-state index >= 15 is 0 Å². The van der Waals surface area contributed by atoms with Crippen molar-refractivity contribution >= 4 is 17.6 Å². The largest absolute Gasteiger partial charge is 0.462 e. The Morgan fingerprint density at radius 2 is 1.90 bits per heavy atom. The minimum atomic E-state index is -0.322. The van der Waals surface area contributed by atoms with Crippen LogP contribution in [0.5, 0.6) is 0 Å². The Bertz CT molecular complexity index is 680. The number of hydrogen-bond donors (Lipinski definition) is 1. The number of esters is 1. The predicted molar refractivity (Wildman–Crippen MR) is 79.2 cm³/mol. The summed E-state index contributed by atoms with van der Waals surface area (Å²) in [5.74, 6) is -0.309. The molecule has 0 aromatic heterocycles. The first-order chi connectivity index (χ1) is 10.2. The molecule has 1 heterocycles. The van der Waals surface area contributed by atoms with E-state index in [4.69, 9.17) is 4.74 Å². The van der Waals surface area contributed by atoms with Crippen LogP contribution >= 0.6 is 0 Å². The van der Waals surface area contributed by atoms with Crippen molar-refractivity contribution in [3.63, 3.8) is 0 Å². The van der Waals surface area contributed by atoms with E-state index < -0.39 is 0 Å². The number of rotatable bonds is 4. The highest BCUT2D eigenvalue weighted by Gasteiger charge is 2.20. The zero-order valence-corrected chi connectivity index (χ0v) is 11.5. The fourth-order valence-electron chi connectivity index (χ4n) is 2.46. The molecule has 106 valence electrons. The topological polar surface area (TPSA) is 55.4 Å². The van der Waals surface area contributed by atoms with Crippen LogP contribution in [0.2, 0.25) is 0 Å². The first kappa shape index (κ1) is 13.4. The molecule has 1 N–H and O–H groups in total. The molecule has 1 aliphatic heterocycles. The number of ether oxygens (including phenoxy) is 1. The molecule has 0 atom stereocenters. The Morgan fingerprint density at radius 3 is 2.71 bits per heavy atom. The van der Waals surface area contributed by atoms with Gasteiger partial charge in [-0.1, -0.05) is 30.3 Å². The van der Waals surface area contributed by atoms with Crippen LogP contribution in [0.15, 0.2) is 48.5 Å². The normalized spacial score (nSPS) is 12.7. The summed E-state index contributed by atoms with van der Waals surface area (Å²) < 4.78 is 5.27. The minimum absolute atomic E-state index is 0.0127. The Hall–Kier alpha value is -2.62. The number of fused-ring (bicyclic) bond motifs is 1. The van der Waals surface area contributed by atoms with Gasteiger partial charge in [-0.15, -0.1) is 0 Å². The molecule has 0 radical (unpaired) electrons. The van der Waals surface area contributed by atoms with E-state index in [-0.39, 0.29) is 11.9 Å². The van der Waals surface area contributed by atoms with Gasteiger partial charge in [0.1, 0.15) is 0 Å². The van der Waals surface area contributed by atoms with E-state index in [2.05, 4.69) is 5.32 Å². The summed E-state index contributed by atoms with van der Waals surface area (Å²) in [4.78, 5) is 23.3. The summed E-state index contributed by atoms with van der Waals surface area (Å²) in [5, 5.41) is 2.82. The van der Waals surface area contributed by atoms with Crippen molar-refractivity contribution < 1.29 is 14.3 Å². The quantitative estimate of drug-likeness (QED) is 0.876. The van der Waals surface area contributed by atoms with Crippen molar-refractivity contribution in [1.29, 1.82) is 0 Å². The lowest BCUT2D eigenvalue weighted by atomic mass is 10.0. The molecular formula is C17H15NO3. The van der Waals surface area contributed by atoms with E-state index in [9.17, 15) is 9.59 Å². The van der Waals surface area contributed by atoms with Crippen molar-refractivity contribution in [3.8, 4) is 0 Å². The van der Waals surface area contributed by atoms with Gasteiger partial charge in [-0.25, -0.2) is 4.79 Å². The molecule has 4 heteroatoms. The number of benzene rings is 2. The molecule has 21 heavy (non-hydrogen) atoms. The number of amides is 1. The van der Waals surface area contributed by atoms with E-state index in [1.807, 2.05) is 24.3 Å². The summed E-state index contributed by atoms with van der Waals surface area (Å²) in [7, 11) is 0. The number of nitrogens with one attached hydrogen (secondary N) is 1. The van der Waals surface area contributed by atoms with Crippen molar-refractivity contribution in [3.05, 3.63) is 65.2 Å². The molecule has 0 saturated heterocycles. The molecule has 0 saturated carbocycles. The molecule has 1 amide bonds. The smallest absolute Gasteiger partial charge is 0.338 e. The zero-order chi connectivity index (χ0) is 14.7. The average molecular weight is 281 g/mol. The molecule has 2 aromatic carbocycles. The Kier molecular flexibility index (Phi) is 3.69. The second-order valence-corrected chi connectivity index (χ2v) is 4.92. The monoisotopic (exact) mass is 281 g/mol. The van der Waals surface area contributed by atoms with Crippen LogP contribution in [0.25, 0.3) is 0 Å². The maximum Gasteiger partial charge on any atom is 0.338 e. The molecule has 3 rings (SSSR count). The fourth-order valence-corrected chi connectivity index (χ4v) is 2.46. The van der Waals surface area contributed by atoms with E-state index in [0.717, 1.165) is 16.8 Å². The van der Waals surface area contributed by atoms with E-state index in [1.165, 1.54) is 0 Å². The molecule has 0 aliphatic carbocycles. The van der Waals surface area contributed by atoms with Crippen LogP contribution in [-0.2, 0) is 22.4 Å². The summed E-state index contributed by atoms with van der Waals surface area (Å²) in [6.07, 6.45) is 1.01. The SMILES string of the molecule is O=C1Cc2c(CCOC(=O)c3ccccc3)cccc2N1. The van der Waals surface area contributed by atoms with Gasteiger partial charge in [0, 0.05) is 12.1 Å². The highest BCUT2D eigenvalue weighted by Crippen LogP contribution is 2.26. The predicted octanol–water partition coefficient (Wildman–Crippen LogP) is 2.58. The van der Waals surface area contributed by atoms with Gasteiger partial charge in [0.15, 0.2) is 0 Å². The highest BCUT2D eigenvalue weighted by atomic mass is 16.5. The first-order valence-corrected chi connectivity index (χ1v) is 6.87. The van der Waals surface area contributed by atoms with Crippen LogP contribution in [0, 0.1) is 0 Å².